The van der Waals surface area contributed by atoms with Crippen molar-refractivity contribution in [2.24, 2.45) is 35.5 Å². The molecule has 7 unspecified atom stereocenters. The number of hydrogen-bond acceptors (Lipinski definition) is 4. The van der Waals surface area contributed by atoms with Crippen LogP contribution in [0.25, 0.3) is 0 Å². The second kappa shape index (κ2) is 10.7. The Bertz CT molecular complexity index is 722. The van der Waals surface area contributed by atoms with E-state index in [2.05, 4.69) is 29.8 Å². The van der Waals surface area contributed by atoms with Crippen LogP contribution in [0.15, 0.2) is 0 Å². The van der Waals surface area contributed by atoms with Gasteiger partial charge >= 0.3 is 6.03 Å². The maximum atomic E-state index is 13.4. The van der Waals surface area contributed by atoms with Crippen LogP contribution in [-0.2, 0) is 9.59 Å². The first kappa shape index (κ1) is 24.5. The third kappa shape index (κ3) is 5.72. The molecule has 0 aromatic heterocycles. The van der Waals surface area contributed by atoms with Gasteiger partial charge in [0.2, 0.25) is 11.8 Å². The summed E-state index contributed by atoms with van der Waals surface area (Å²) in [6, 6.07) is 0.416. The number of nitrogens with one attached hydrogen (secondary N) is 3. The Kier molecular flexibility index (Phi) is 7.98. The molecule has 3 N–H and O–H groups in total. The number of nitrogens with zero attached hydrogens (tertiary/aromatic N) is 1. The Morgan fingerprint density at radius 3 is 2.55 bits per heavy atom. The zero-order valence-corrected chi connectivity index (χ0v) is 20.8. The van der Waals surface area contributed by atoms with Crippen LogP contribution in [0.1, 0.15) is 78.1 Å². The lowest BCUT2D eigenvalue weighted by atomic mass is 9.64. The summed E-state index contributed by atoms with van der Waals surface area (Å²) in [5.74, 6) is 1.53. The highest BCUT2D eigenvalue weighted by Crippen LogP contribution is 2.44. The van der Waals surface area contributed by atoms with E-state index in [1.807, 2.05) is 11.9 Å². The minimum absolute atomic E-state index is 0.0165. The molecule has 4 aliphatic rings. The fourth-order valence-electron chi connectivity index (χ4n) is 7.09. The molecule has 4 amide bonds. The Morgan fingerprint density at radius 1 is 1.03 bits per heavy atom. The molecule has 186 valence electrons. The van der Waals surface area contributed by atoms with Gasteiger partial charge in [-0.1, -0.05) is 26.2 Å². The predicted molar refractivity (Wildman–Crippen MR) is 128 cm³/mol. The second-order valence-electron chi connectivity index (χ2n) is 11.5. The van der Waals surface area contributed by atoms with Gasteiger partial charge in [0.05, 0.1) is 0 Å². The number of carbonyl (C=O) groups is 3. The van der Waals surface area contributed by atoms with Crippen LogP contribution in [0.2, 0.25) is 0 Å². The third-order valence-electron chi connectivity index (χ3n) is 9.25. The molecule has 7 heteroatoms. The first-order valence-corrected chi connectivity index (χ1v) is 13.4. The molecular formula is C26H44N4O3. The van der Waals surface area contributed by atoms with Crippen molar-refractivity contribution in [2.45, 2.75) is 90.1 Å². The summed E-state index contributed by atoms with van der Waals surface area (Å²) in [7, 11) is 1.97. The van der Waals surface area contributed by atoms with Crippen molar-refractivity contribution in [2.75, 3.05) is 20.1 Å². The van der Waals surface area contributed by atoms with Crippen LogP contribution in [0, 0.1) is 35.5 Å². The number of fused-ring (bicyclic) bond motifs is 1. The zero-order chi connectivity index (χ0) is 23.5. The molecule has 33 heavy (non-hydrogen) atoms. The summed E-state index contributed by atoms with van der Waals surface area (Å²) in [6.07, 6.45) is 10.4. The molecule has 0 bridgehead atoms. The average molecular weight is 461 g/mol. The molecular weight excluding hydrogens is 416 g/mol. The Balaban J connectivity index is 1.32. The summed E-state index contributed by atoms with van der Waals surface area (Å²) in [4.78, 5) is 40.6. The molecule has 2 aliphatic carbocycles. The van der Waals surface area contributed by atoms with Crippen molar-refractivity contribution in [1.82, 2.24) is 20.9 Å². The summed E-state index contributed by atoms with van der Waals surface area (Å²) < 4.78 is 0. The van der Waals surface area contributed by atoms with Gasteiger partial charge in [-0.05, 0) is 75.5 Å². The van der Waals surface area contributed by atoms with E-state index < -0.39 is 0 Å². The molecule has 7 atom stereocenters. The van der Waals surface area contributed by atoms with Gasteiger partial charge in [0.25, 0.3) is 0 Å². The Hall–Kier alpha value is -1.63. The fraction of sp³-hybridized carbons (Fsp3) is 0.885. The van der Waals surface area contributed by atoms with Crippen molar-refractivity contribution >= 4 is 17.8 Å². The molecule has 7 nitrogen and oxygen atoms in total. The van der Waals surface area contributed by atoms with Gasteiger partial charge < -0.3 is 15.5 Å². The smallest absolute Gasteiger partial charge is 0.321 e. The lowest BCUT2D eigenvalue weighted by Crippen LogP contribution is -2.60. The van der Waals surface area contributed by atoms with Crippen LogP contribution < -0.4 is 16.0 Å². The van der Waals surface area contributed by atoms with E-state index in [-0.39, 0.29) is 35.6 Å². The topological polar surface area (TPSA) is 90.5 Å². The van der Waals surface area contributed by atoms with Crippen molar-refractivity contribution < 1.29 is 14.4 Å². The van der Waals surface area contributed by atoms with E-state index in [4.69, 9.17) is 0 Å². The molecule has 4 rings (SSSR count). The van der Waals surface area contributed by atoms with E-state index in [0.717, 1.165) is 45.1 Å². The first-order chi connectivity index (χ1) is 15.8. The highest BCUT2D eigenvalue weighted by molar-refractivity contribution is 5.95. The standard InChI is InChI=1S/C26H44N4O3/c1-16-9-10-19(24(31)29-26(33)28-14-18-7-5-4-6-8-18)12-21(16)22-13-20-15-27-17(2)11-23(20)30(3)25(22)32/h16-23,27H,4-15H2,1-3H3,(H2,28,29,31,33). The van der Waals surface area contributed by atoms with Crippen LogP contribution in [-0.4, -0.2) is 55.0 Å². The van der Waals surface area contributed by atoms with Gasteiger partial charge in [-0.25, -0.2) is 4.79 Å². The molecule has 2 heterocycles. The monoisotopic (exact) mass is 460 g/mol. The van der Waals surface area contributed by atoms with Gasteiger partial charge in [-0.2, -0.15) is 0 Å². The number of piperidine rings is 2. The highest BCUT2D eigenvalue weighted by Gasteiger charge is 2.47. The van der Waals surface area contributed by atoms with E-state index >= 15 is 0 Å². The van der Waals surface area contributed by atoms with Crippen molar-refractivity contribution in [3.8, 4) is 0 Å². The summed E-state index contributed by atoms with van der Waals surface area (Å²) in [6.45, 7) is 6.04. The summed E-state index contributed by atoms with van der Waals surface area (Å²) in [5.41, 5.74) is 0. The molecule has 4 fully saturated rings. The second-order valence-corrected chi connectivity index (χ2v) is 11.5. The number of imide groups is 1. The summed E-state index contributed by atoms with van der Waals surface area (Å²) in [5, 5.41) is 9.11. The SMILES string of the molecule is CC1CC2C(CN1)CC(C1CC(C(=O)NC(=O)NCC3CCCCC3)CCC1C)C(=O)N2C. The first-order valence-electron chi connectivity index (χ1n) is 13.4. The van der Waals surface area contributed by atoms with E-state index in [1.54, 1.807) is 0 Å². The van der Waals surface area contributed by atoms with Gasteiger partial charge in [0.15, 0.2) is 0 Å². The van der Waals surface area contributed by atoms with E-state index in [1.165, 1.54) is 19.3 Å². The summed E-state index contributed by atoms with van der Waals surface area (Å²) >= 11 is 0. The predicted octanol–water partition coefficient (Wildman–Crippen LogP) is 3.29. The molecule has 2 aliphatic heterocycles. The van der Waals surface area contributed by atoms with Crippen molar-refractivity contribution in [1.29, 1.82) is 0 Å². The quantitative estimate of drug-likeness (QED) is 0.600. The zero-order valence-electron chi connectivity index (χ0n) is 20.8. The number of hydrogen-bond donors (Lipinski definition) is 3. The van der Waals surface area contributed by atoms with E-state index in [0.29, 0.717) is 42.8 Å². The number of urea groups is 1. The van der Waals surface area contributed by atoms with Crippen LogP contribution in [0.3, 0.4) is 0 Å². The number of rotatable bonds is 4. The maximum Gasteiger partial charge on any atom is 0.321 e. The van der Waals surface area contributed by atoms with Crippen LogP contribution in [0.5, 0.6) is 0 Å². The lowest BCUT2D eigenvalue weighted by Gasteiger charge is -2.50. The van der Waals surface area contributed by atoms with Gasteiger partial charge in [0.1, 0.15) is 0 Å². The number of likely N-dealkylation sites (tertiary alicyclic amines) is 1. The van der Waals surface area contributed by atoms with E-state index in [9.17, 15) is 14.4 Å². The molecule has 2 saturated carbocycles. The van der Waals surface area contributed by atoms with Gasteiger partial charge in [0, 0.05) is 44.1 Å². The Morgan fingerprint density at radius 2 is 1.79 bits per heavy atom. The van der Waals surface area contributed by atoms with Crippen LogP contribution in [0.4, 0.5) is 4.79 Å². The molecule has 2 saturated heterocycles. The average Bonchev–Trinajstić information content (AvgIpc) is 2.81. The van der Waals surface area contributed by atoms with Gasteiger partial charge in [-0.3, -0.25) is 14.9 Å². The molecule has 0 radical (unpaired) electrons. The van der Waals surface area contributed by atoms with Crippen LogP contribution >= 0.6 is 0 Å². The third-order valence-corrected chi connectivity index (χ3v) is 9.25. The number of amides is 4. The van der Waals surface area contributed by atoms with Crippen molar-refractivity contribution in [3.05, 3.63) is 0 Å². The number of carbonyl (C=O) groups excluding carboxylic acids is 3. The lowest BCUT2D eigenvalue weighted by molar-refractivity contribution is -0.149. The van der Waals surface area contributed by atoms with Gasteiger partial charge in [-0.15, -0.1) is 0 Å². The molecule has 0 aromatic rings. The minimum atomic E-state index is -0.362. The normalized spacial score (nSPS) is 37.8. The maximum absolute atomic E-state index is 13.4. The Labute approximate surface area is 199 Å². The minimum Gasteiger partial charge on any atom is -0.342 e. The molecule has 0 spiro atoms. The largest absolute Gasteiger partial charge is 0.342 e. The molecule has 0 aromatic carbocycles. The highest BCUT2D eigenvalue weighted by atomic mass is 16.2. The fourth-order valence-corrected chi connectivity index (χ4v) is 7.09. The van der Waals surface area contributed by atoms with Crippen molar-refractivity contribution in [3.63, 3.8) is 0 Å².